The minimum Gasteiger partial charge on any atom is -0.449 e. The molecule has 1 amide bonds. The van der Waals surface area contributed by atoms with E-state index in [0.29, 0.717) is 25.1 Å². The summed E-state index contributed by atoms with van der Waals surface area (Å²) in [5.74, 6) is -0.211. The fraction of sp³-hybridized carbons (Fsp3) is 0.259. The van der Waals surface area contributed by atoms with E-state index < -0.39 is 11.0 Å². The highest BCUT2D eigenvalue weighted by Crippen LogP contribution is 2.52. The van der Waals surface area contributed by atoms with Crippen LogP contribution in [-0.4, -0.2) is 39.8 Å². The lowest BCUT2D eigenvalue weighted by molar-refractivity contribution is -0.134. The Hall–Kier alpha value is -3.80. The molecule has 164 valence electrons. The SMILES string of the molecule is O=C1OC2(CCN(C(=O)C3(c4ccc(/C=C/c5ccccn5)cc4)CC3)C2)c2ccncc21. The molecule has 0 N–H and O–H groups in total. The Morgan fingerprint density at radius 3 is 2.61 bits per heavy atom. The van der Waals surface area contributed by atoms with Crippen molar-refractivity contribution >= 4 is 24.0 Å². The van der Waals surface area contributed by atoms with Crippen molar-refractivity contribution < 1.29 is 14.3 Å². The van der Waals surface area contributed by atoms with Gasteiger partial charge in [0.25, 0.3) is 0 Å². The first kappa shape index (κ1) is 19.9. The van der Waals surface area contributed by atoms with Crippen LogP contribution in [0.15, 0.2) is 67.1 Å². The van der Waals surface area contributed by atoms with Crippen molar-refractivity contribution in [3.05, 3.63) is 95.1 Å². The van der Waals surface area contributed by atoms with Gasteiger partial charge in [-0.1, -0.05) is 36.4 Å². The number of benzene rings is 1. The van der Waals surface area contributed by atoms with Gasteiger partial charge in [0.15, 0.2) is 5.60 Å². The van der Waals surface area contributed by atoms with Gasteiger partial charge >= 0.3 is 5.97 Å². The summed E-state index contributed by atoms with van der Waals surface area (Å²) in [6.07, 6.45) is 11.3. The molecule has 1 atom stereocenters. The van der Waals surface area contributed by atoms with Crippen LogP contribution < -0.4 is 0 Å². The van der Waals surface area contributed by atoms with E-state index in [4.69, 9.17) is 4.74 Å². The number of nitrogens with zero attached hydrogens (tertiary/aromatic N) is 3. The highest BCUT2D eigenvalue weighted by Gasteiger charge is 2.57. The second-order valence-electron chi connectivity index (χ2n) is 9.07. The molecule has 1 saturated heterocycles. The Kier molecular flexibility index (Phi) is 4.43. The molecule has 2 aliphatic heterocycles. The molecule has 6 heteroatoms. The smallest absolute Gasteiger partial charge is 0.341 e. The van der Waals surface area contributed by atoms with Gasteiger partial charge in [-0.25, -0.2) is 4.79 Å². The van der Waals surface area contributed by atoms with Crippen LogP contribution in [0.2, 0.25) is 0 Å². The van der Waals surface area contributed by atoms with Crippen molar-refractivity contribution in [3.63, 3.8) is 0 Å². The lowest BCUT2D eigenvalue weighted by Crippen LogP contribution is -2.40. The van der Waals surface area contributed by atoms with E-state index in [1.54, 1.807) is 18.6 Å². The lowest BCUT2D eigenvalue weighted by atomic mass is 9.92. The van der Waals surface area contributed by atoms with Crippen molar-refractivity contribution in [2.45, 2.75) is 30.3 Å². The molecular formula is C27H23N3O3. The zero-order valence-corrected chi connectivity index (χ0v) is 18.1. The van der Waals surface area contributed by atoms with Gasteiger partial charge < -0.3 is 9.64 Å². The fourth-order valence-electron chi connectivity index (χ4n) is 5.12. The van der Waals surface area contributed by atoms with E-state index in [9.17, 15) is 9.59 Å². The average molecular weight is 437 g/mol. The van der Waals surface area contributed by atoms with Crippen LogP contribution in [0.3, 0.4) is 0 Å². The Labute approximate surface area is 191 Å². The van der Waals surface area contributed by atoms with Gasteiger partial charge in [-0.05, 0) is 48.2 Å². The first-order valence-corrected chi connectivity index (χ1v) is 11.3. The number of likely N-dealkylation sites (tertiary alicyclic amines) is 1. The first-order chi connectivity index (χ1) is 16.1. The maximum Gasteiger partial charge on any atom is 0.341 e. The van der Waals surface area contributed by atoms with E-state index in [-0.39, 0.29) is 11.9 Å². The van der Waals surface area contributed by atoms with Gasteiger partial charge in [-0.3, -0.25) is 14.8 Å². The molecule has 2 aromatic heterocycles. The summed E-state index contributed by atoms with van der Waals surface area (Å²) < 4.78 is 5.79. The van der Waals surface area contributed by atoms with Gasteiger partial charge in [0.2, 0.25) is 5.91 Å². The number of hydrogen-bond acceptors (Lipinski definition) is 5. The number of hydrogen-bond donors (Lipinski definition) is 0. The van der Waals surface area contributed by atoms with Crippen LogP contribution in [0.1, 0.15) is 52.0 Å². The highest BCUT2D eigenvalue weighted by molar-refractivity contribution is 5.95. The summed E-state index contributed by atoms with van der Waals surface area (Å²) in [6.45, 7) is 0.988. The second kappa shape index (κ2) is 7.37. The van der Waals surface area contributed by atoms with Crippen molar-refractivity contribution in [2.24, 2.45) is 0 Å². The van der Waals surface area contributed by atoms with E-state index >= 15 is 0 Å². The Morgan fingerprint density at radius 1 is 1.00 bits per heavy atom. The Bertz CT molecular complexity index is 1270. The normalized spacial score (nSPS) is 22.5. The van der Waals surface area contributed by atoms with Crippen molar-refractivity contribution in [3.8, 4) is 0 Å². The summed E-state index contributed by atoms with van der Waals surface area (Å²) in [4.78, 5) is 36.2. The molecule has 6 nitrogen and oxygen atoms in total. The molecule has 1 unspecified atom stereocenters. The molecular weight excluding hydrogens is 414 g/mol. The number of fused-ring (bicyclic) bond motifs is 2. The second-order valence-corrected chi connectivity index (χ2v) is 9.07. The average Bonchev–Trinajstić information content (AvgIpc) is 3.49. The molecule has 2 fully saturated rings. The monoisotopic (exact) mass is 437 g/mol. The number of carbonyl (C=O) groups is 2. The van der Waals surface area contributed by atoms with Crippen molar-refractivity contribution in [2.75, 3.05) is 13.1 Å². The number of rotatable bonds is 4. The first-order valence-electron chi connectivity index (χ1n) is 11.3. The zero-order valence-electron chi connectivity index (χ0n) is 18.1. The third kappa shape index (κ3) is 3.25. The van der Waals surface area contributed by atoms with Crippen molar-refractivity contribution in [1.82, 2.24) is 14.9 Å². The summed E-state index contributed by atoms with van der Waals surface area (Å²) in [7, 11) is 0. The molecule has 1 saturated carbocycles. The number of pyridine rings is 2. The molecule has 0 radical (unpaired) electrons. The van der Waals surface area contributed by atoms with Crippen LogP contribution in [0.4, 0.5) is 0 Å². The molecule has 1 aliphatic carbocycles. The Balaban J connectivity index is 1.19. The number of amides is 1. The van der Waals surface area contributed by atoms with Gasteiger partial charge in [0.05, 0.1) is 23.2 Å². The quantitative estimate of drug-likeness (QED) is 0.578. The standard InChI is InChI=1S/C27H23N3O3/c31-24-22-17-28-15-10-23(22)27(33-24)13-16-30(18-27)25(32)26(11-12-26)20-7-4-19(5-8-20)6-9-21-3-1-2-14-29-21/h1-10,14-15,17H,11-13,16,18H2/b9-6+. The summed E-state index contributed by atoms with van der Waals surface area (Å²) in [6, 6.07) is 15.9. The topological polar surface area (TPSA) is 72.4 Å². The van der Waals surface area contributed by atoms with E-state index in [1.807, 2.05) is 41.3 Å². The van der Waals surface area contributed by atoms with Crippen LogP contribution in [0, 0.1) is 0 Å². The molecule has 3 aromatic rings. The third-order valence-corrected chi connectivity index (χ3v) is 7.10. The van der Waals surface area contributed by atoms with Crippen LogP contribution in [-0.2, 0) is 20.5 Å². The van der Waals surface area contributed by atoms with Gasteiger partial charge in [-0.15, -0.1) is 0 Å². The fourth-order valence-corrected chi connectivity index (χ4v) is 5.12. The number of aromatic nitrogens is 2. The molecule has 4 heterocycles. The lowest BCUT2D eigenvalue weighted by Gasteiger charge is -2.27. The highest BCUT2D eigenvalue weighted by atomic mass is 16.6. The minimum absolute atomic E-state index is 0.134. The summed E-state index contributed by atoms with van der Waals surface area (Å²) in [5, 5.41) is 0. The number of ether oxygens (including phenoxy) is 1. The molecule has 33 heavy (non-hydrogen) atoms. The van der Waals surface area contributed by atoms with Crippen LogP contribution in [0.25, 0.3) is 12.2 Å². The van der Waals surface area contributed by atoms with E-state index in [2.05, 4.69) is 34.2 Å². The minimum atomic E-state index is -0.735. The van der Waals surface area contributed by atoms with E-state index in [1.165, 1.54) is 0 Å². The molecule has 1 spiro atoms. The third-order valence-electron chi connectivity index (χ3n) is 7.10. The zero-order chi connectivity index (χ0) is 22.5. The van der Waals surface area contributed by atoms with Crippen LogP contribution in [0.5, 0.6) is 0 Å². The van der Waals surface area contributed by atoms with Gasteiger partial charge in [0, 0.05) is 37.1 Å². The van der Waals surface area contributed by atoms with E-state index in [0.717, 1.165) is 35.2 Å². The predicted octanol–water partition coefficient (Wildman–Crippen LogP) is 3.98. The van der Waals surface area contributed by atoms with Crippen LogP contribution >= 0.6 is 0 Å². The van der Waals surface area contributed by atoms with Crippen molar-refractivity contribution in [1.29, 1.82) is 0 Å². The molecule has 0 bridgehead atoms. The summed E-state index contributed by atoms with van der Waals surface area (Å²) >= 11 is 0. The maximum atomic E-state index is 13.6. The predicted molar refractivity (Wildman–Crippen MR) is 123 cm³/mol. The molecule has 1 aromatic carbocycles. The number of carbonyl (C=O) groups excluding carboxylic acids is 2. The maximum absolute atomic E-state index is 13.6. The molecule has 6 rings (SSSR count). The molecule has 3 aliphatic rings. The largest absolute Gasteiger partial charge is 0.449 e. The Morgan fingerprint density at radius 2 is 1.85 bits per heavy atom. The number of esters is 1. The summed E-state index contributed by atoms with van der Waals surface area (Å²) in [5.41, 5.74) is 3.20. The van der Waals surface area contributed by atoms with Gasteiger partial charge in [-0.2, -0.15) is 0 Å². The van der Waals surface area contributed by atoms with Gasteiger partial charge in [0.1, 0.15) is 0 Å².